The van der Waals surface area contributed by atoms with Crippen molar-refractivity contribution in [3.8, 4) is 5.75 Å². The second kappa shape index (κ2) is 4.69. The first-order valence-corrected chi connectivity index (χ1v) is 5.72. The minimum Gasteiger partial charge on any atom is -0.497 e. The summed E-state index contributed by atoms with van der Waals surface area (Å²) in [6, 6.07) is 6.43. The van der Waals surface area contributed by atoms with Crippen LogP contribution in [0.1, 0.15) is 45.2 Å². The van der Waals surface area contributed by atoms with Crippen molar-refractivity contribution in [2.45, 2.75) is 46.0 Å². The number of rotatable bonds is 4. The maximum atomic E-state index is 5.26. The number of benzene rings is 1. The highest BCUT2D eigenvalue weighted by Crippen LogP contribution is 2.31. The third kappa shape index (κ3) is 2.53. The van der Waals surface area contributed by atoms with Crippen LogP contribution in [-0.4, -0.2) is 7.11 Å². The van der Waals surface area contributed by atoms with Gasteiger partial charge in [-0.05, 0) is 41.5 Å². The lowest BCUT2D eigenvalue weighted by molar-refractivity contribution is 0.413. The third-order valence-electron chi connectivity index (χ3n) is 3.31. The fourth-order valence-corrected chi connectivity index (χ4v) is 1.84. The van der Waals surface area contributed by atoms with Crippen LogP contribution in [0.25, 0.3) is 0 Å². The van der Waals surface area contributed by atoms with Crippen molar-refractivity contribution in [1.82, 2.24) is 0 Å². The maximum absolute atomic E-state index is 5.26. The van der Waals surface area contributed by atoms with Gasteiger partial charge in [-0.3, -0.25) is 0 Å². The van der Waals surface area contributed by atoms with Crippen molar-refractivity contribution in [3.05, 3.63) is 29.3 Å². The van der Waals surface area contributed by atoms with Gasteiger partial charge in [0.05, 0.1) is 7.11 Å². The van der Waals surface area contributed by atoms with Crippen LogP contribution < -0.4 is 4.74 Å². The zero-order valence-corrected chi connectivity index (χ0v) is 10.6. The molecule has 0 bridgehead atoms. The van der Waals surface area contributed by atoms with Gasteiger partial charge in [0.15, 0.2) is 0 Å². The van der Waals surface area contributed by atoms with Crippen molar-refractivity contribution in [1.29, 1.82) is 0 Å². The van der Waals surface area contributed by atoms with Crippen LogP contribution in [0.2, 0.25) is 0 Å². The normalized spacial score (nSPS) is 11.5. The molecule has 0 aliphatic rings. The molecular formula is C14H22O. The molecule has 0 spiro atoms. The van der Waals surface area contributed by atoms with Crippen LogP contribution in [-0.2, 0) is 11.8 Å². The van der Waals surface area contributed by atoms with E-state index in [0.29, 0.717) is 0 Å². The summed E-state index contributed by atoms with van der Waals surface area (Å²) in [6.45, 7) is 9.04. The molecule has 0 saturated heterocycles. The predicted molar refractivity (Wildman–Crippen MR) is 65.7 cm³/mol. The Balaban J connectivity index is 3.18. The minimum absolute atomic E-state index is 0.262. The molecule has 0 aliphatic carbocycles. The largest absolute Gasteiger partial charge is 0.497 e. The highest BCUT2D eigenvalue weighted by molar-refractivity contribution is 5.39. The fraction of sp³-hybridized carbons (Fsp3) is 0.571. The Kier molecular flexibility index (Phi) is 3.78. The van der Waals surface area contributed by atoms with Gasteiger partial charge in [-0.25, -0.2) is 0 Å². The summed E-state index contributed by atoms with van der Waals surface area (Å²) in [4.78, 5) is 0. The number of hydrogen-bond acceptors (Lipinski definition) is 1. The van der Waals surface area contributed by atoms with Crippen molar-refractivity contribution in [3.63, 3.8) is 0 Å². The summed E-state index contributed by atoms with van der Waals surface area (Å²) in [6.07, 6.45) is 2.22. The molecule has 0 N–H and O–H groups in total. The van der Waals surface area contributed by atoms with Gasteiger partial charge in [-0.2, -0.15) is 0 Å². The van der Waals surface area contributed by atoms with E-state index in [1.165, 1.54) is 11.1 Å². The zero-order chi connectivity index (χ0) is 11.5. The molecule has 0 amide bonds. The molecule has 0 unspecified atom stereocenters. The molecule has 0 heterocycles. The first-order valence-electron chi connectivity index (χ1n) is 5.72. The molecule has 0 radical (unpaired) electrons. The van der Waals surface area contributed by atoms with Gasteiger partial charge in [0, 0.05) is 0 Å². The fourth-order valence-electron chi connectivity index (χ4n) is 1.84. The van der Waals surface area contributed by atoms with E-state index < -0.39 is 0 Å². The average molecular weight is 206 g/mol. The van der Waals surface area contributed by atoms with E-state index in [4.69, 9.17) is 4.74 Å². The molecule has 1 rings (SSSR count). The summed E-state index contributed by atoms with van der Waals surface area (Å²) in [7, 11) is 1.72. The van der Waals surface area contributed by atoms with Gasteiger partial charge in [0.1, 0.15) is 5.75 Å². The Bertz CT molecular complexity index is 326. The third-order valence-corrected chi connectivity index (χ3v) is 3.31. The van der Waals surface area contributed by atoms with Crippen LogP contribution >= 0.6 is 0 Å². The number of methoxy groups -OCH3 is 1. The molecule has 1 aromatic carbocycles. The second-order valence-electron chi connectivity index (χ2n) is 4.61. The van der Waals surface area contributed by atoms with E-state index in [1.54, 1.807) is 7.11 Å². The van der Waals surface area contributed by atoms with Crippen LogP contribution in [0.5, 0.6) is 5.75 Å². The summed E-state index contributed by atoms with van der Waals surface area (Å²) >= 11 is 0. The van der Waals surface area contributed by atoms with Crippen LogP contribution in [0.3, 0.4) is 0 Å². The van der Waals surface area contributed by atoms with Gasteiger partial charge >= 0.3 is 0 Å². The first kappa shape index (κ1) is 12.1. The van der Waals surface area contributed by atoms with Gasteiger partial charge in [-0.15, -0.1) is 0 Å². The molecule has 1 nitrogen and oxygen atoms in total. The van der Waals surface area contributed by atoms with Crippen molar-refractivity contribution in [2.24, 2.45) is 0 Å². The quantitative estimate of drug-likeness (QED) is 0.725. The lowest BCUT2D eigenvalue weighted by atomic mass is 9.79. The molecule has 0 aromatic heterocycles. The Morgan fingerprint density at radius 2 is 1.87 bits per heavy atom. The first-order chi connectivity index (χ1) is 7.05. The Labute approximate surface area is 93.5 Å². The molecule has 0 saturated carbocycles. The second-order valence-corrected chi connectivity index (χ2v) is 4.61. The van der Waals surface area contributed by atoms with Crippen molar-refractivity contribution >= 4 is 0 Å². The number of ether oxygens (including phenoxy) is 1. The molecule has 0 atom stereocenters. The van der Waals surface area contributed by atoms with E-state index in [1.807, 2.05) is 0 Å². The monoisotopic (exact) mass is 206 g/mol. The summed E-state index contributed by atoms with van der Waals surface area (Å²) in [5.74, 6) is 0.961. The van der Waals surface area contributed by atoms with Gasteiger partial charge in [-0.1, -0.05) is 33.8 Å². The van der Waals surface area contributed by atoms with E-state index in [-0.39, 0.29) is 5.41 Å². The maximum Gasteiger partial charge on any atom is 0.119 e. The van der Waals surface area contributed by atoms with Gasteiger partial charge in [0.2, 0.25) is 0 Å². The summed E-state index contributed by atoms with van der Waals surface area (Å²) < 4.78 is 5.26. The molecule has 15 heavy (non-hydrogen) atoms. The van der Waals surface area contributed by atoms with Crippen molar-refractivity contribution in [2.75, 3.05) is 7.11 Å². The predicted octanol–water partition coefficient (Wildman–Crippen LogP) is 3.95. The summed E-state index contributed by atoms with van der Waals surface area (Å²) in [5, 5.41) is 0. The number of aryl methyl sites for hydroxylation is 1. The van der Waals surface area contributed by atoms with Crippen LogP contribution in [0.4, 0.5) is 0 Å². The highest BCUT2D eigenvalue weighted by atomic mass is 16.5. The average Bonchev–Trinajstić information content (AvgIpc) is 2.28. The van der Waals surface area contributed by atoms with E-state index in [0.717, 1.165) is 18.6 Å². The van der Waals surface area contributed by atoms with E-state index in [2.05, 4.69) is 45.9 Å². The number of hydrogen-bond donors (Lipinski definition) is 0. The smallest absolute Gasteiger partial charge is 0.119 e. The molecule has 1 aromatic rings. The summed E-state index contributed by atoms with van der Waals surface area (Å²) in [5.41, 5.74) is 3.12. The zero-order valence-electron chi connectivity index (χ0n) is 10.6. The van der Waals surface area contributed by atoms with Gasteiger partial charge in [0.25, 0.3) is 0 Å². The lowest BCUT2D eigenvalue weighted by Crippen LogP contribution is -2.17. The molecule has 0 fully saturated rings. The molecule has 84 valence electrons. The van der Waals surface area contributed by atoms with E-state index >= 15 is 0 Å². The minimum atomic E-state index is 0.262. The van der Waals surface area contributed by atoms with Gasteiger partial charge < -0.3 is 4.74 Å². The highest BCUT2D eigenvalue weighted by Gasteiger charge is 2.20. The Morgan fingerprint density at radius 3 is 2.33 bits per heavy atom. The molecule has 0 aliphatic heterocycles. The van der Waals surface area contributed by atoms with Crippen molar-refractivity contribution < 1.29 is 4.74 Å². The molecule has 1 heteroatoms. The Hall–Kier alpha value is -0.980. The standard InChI is InChI=1S/C14H22O/c1-6-11-10-12(15-5)8-9-13(11)14(3,4)7-2/h8-10H,6-7H2,1-5H3. The topological polar surface area (TPSA) is 9.23 Å². The van der Waals surface area contributed by atoms with E-state index in [9.17, 15) is 0 Å². The SMILES string of the molecule is CCc1cc(OC)ccc1C(C)(C)CC. The van der Waals surface area contributed by atoms with Crippen LogP contribution in [0, 0.1) is 0 Å². The Morgan fingerprint density at radius 1 is 1.20 bits per heavy atom. The lowest BCUT2D eigenvalue weighted by Gasteiger charge is -2.26. The molecular weight excluding hydrogens is 184 g/mol. The van der Waals surface area contributed by atoms with Crippen LogP contribution in [0.15, 0.2) is 18.2 Å².